The molecule has 1 fully saturated rings. The molecule has 2 N–H and O–H groups in total. The van der Waals surface area contributed by atoms with Crippen LogP contribution in [0.15, 0.2) is 36.5 Å². The smallest absolute Gasteiger partial charge is 0.305 e. The summed E-state index contributed by atoms with van der Waals surface area (Å²) in [5, 5.41) is 16.2. The average molecular weight is 347 g/mol. The van der Waals surface area contributed by atoms with Crippen LogP contribution in [0.1, 0.15) is 29.8 Å². The maximum absolute atomic E-state index is 13.0. The molecule has 0 spiro atoms. The van der Waals surface area contributed by atoms with Crippen LogP contribution in [0, 0.1) is 5.82 Å². The lowest BCUT2D eigenvalue weighted by Gasteiger charge is -2.36. The van der Waals surface area contributed by atoms with Gasteiger partial charge in [-0.05, 0) is 43.2 Å². The van der Waals surface area contributed by atoms with Crippen molar-refractivity contribution < 1.29 is 23.8 Å². The Balaban J connectivity index is 1.76. The molecule has 132 valence electrons. The Labute approximate surface area is 143 Å². The number of carboxylic acids is 1. The maximum atomic E-state index is 13.0. The lowest BCUT2D eigenvalue weighted by Crippen LogP contribution is -2.53. The van der Waals surface area contributed by atoms with E-state index < -0.39 is 17.4 Å². The summed E-state index contributed by atoms with van der Waals surface area (Å²) in [7, 11) is 0. The fourth-order valence-corrected chi connectivity index (χ4v) is 2.89. The summed E-state index contributed by atoms with van der Waals surface area (Å²) in [5.74, 6) is -1.77. The zero-order chi connectivity index (χ0) is 17.9. The number of carbonyl (C=O) groups is 2. The Morgan fingerprint density at radius 1 is 1.24 bits per heavy atom. The van der Waals surface area contributed by atoms with Crippen molar-refractivity contribution in [3.8, 4) is 5.69 Å². The molecule has 1 aromatic carbocycles. The third-order valence-corrected chi connectivity index (χ3v) is 4.23. The Bertz CT molecular complexity index is 766. The molecule has 8 heteroatoms. The van der Waals surface area contributed by atoms with Gasteiger partial charge in [-0.15, -0.1) is 0 Å². The second kappa shape index (κ2) is 7.02. The fraction of sp³-hybridized carbons (Fsp3) is 0.353. The molecule has 0 radical (unpaired) electrons. The number of carboxylic acid groups (broad SMARTS) is 1. The van der Waals surface area contributed by atoms with Crippen molar-refractivity contribution in [3.05, 3.63) is 48.0 Å². The Morgan fingerprint density at radius 3 is 2.56 bits per heavy atom. The van der Waals surface area contributed by atoms with Gasteiger partial charge in [0.15, 0.2) is 5.69 Å². The van der Waals surface area contributed by atoms with Gasteiger partial charge in [-0.3, -0.25) is 9.59 Å². The molecule has 2 heterocycles. The van der Waals surface area contributed by atoms with Crippen LogP contribution in [0.4, 0.5) is 4.39 Å². The number of rotatable bonds is 5. The van der Waals surface area contributed by atoms with Crippen LogP contribution in [0.3, 0.4) is 0 Å². The number of benzene rings is 1. The van der Waals surface area contributed by atoms with E-state index in [2.05, 4.69) is 10.4 Å². The summed E-state index contributed by atoms with van der Waals surface area (Å²) in [6.07, 6.45) is 2.30. The number of carbonyl (C=O) groups excluding carboxylic acids is 1. The first kappa shape index (κ1) is 17.1. The second-order valence-electron chi connectivity index (χ2n) is 6.04. The van der Waals surface area contributed by atoms with E-state index in [0.717, 1.165) is 0 Å². The highest BCUT2D eigenvalue weighted by Crippen LogP contribution is 2.25. The van der Waals surface area contributed by atoms with E-state index in [1.165, 1.54) is 22.9 Å². The lowest BCUT2D eigenvalue weighted by molar-refractivity contribution is -0.139. The number of halogens is 1. The van der Waals surface area contributed by atoms with Crippen molar-refractivity contribution in [2.45, 2.75) is 24.8 Å². The summed E-state index contributed by atoms with van der Waals surface area (Å²) < 4.78 is 19.7. The van der Waals surface area contributed by atoms with Gasteiger partial charge in [0.05, 0.1) is 17.6 Å². The molecule has 0 bridgehead atoms. The molecule has 0 unspecified atom stereocenters. The van der Waals surface area contributed by atoms with Gasteiger partial charge in [-0.25, -0.2) is 9.07 Å². The van der Waals surface area contributed by atoms with Gasteiger partial charge in [0, 0.05) is 19.4 Å². The van der Waals surface area contributed by atoms with Crippen molar-refractivity contribution in [1.82, 2.24) is 15.1 Å². The molecule has 7 nitrogen and oxygen atoms in total. The normalized spacial score (nSPS) is 16.4. The summed E-state index contributed by atoms with van der Waals surface area (Å²) in [6, 6.07) is 7.25. The Kier molecular flexibility index (Phi) is 4.80. The predicted octanol–water partition coefficient (Wildman–Crippen LogP) is 1.77. The van der Waals surface area contributed by atoms with Gasteiger partial charge in [-0.1, -0.05) is 0 Å². The fourth-order valence-electron chi connectivity index (χ4n) is 2.89. The maximum Gasteiger partial charge on any atom is 0.305 e. The van der Waals surface area contributed by atoms with Crippen LogP contribution in [-0.2, 0) is 9.53 Å². The van der Waals surface area contributed by atoms with Crippen LogP contribution in [-0.4, -0.2) is 45.5 Å². The largest absolute Gasteiger partial charge is 0.481 e. The number of amides is 1. The third-order valence-electron chi connectivity index (χ3n) is 4.23. The van der Waals surface area contributed by atoms with E-state index in [4.69, 9.17) is 9.84 Å². The Morgan fingerprint density at radius 2 is 1.92 bits per heavy atom. The molecule has 3 rings (SSSR count). The molecule has 1 aromatic heterocycles. The molecule has 1 amide bonds. The first-order valence-corrected chi connectivity index (χ1v) is 7.91. The molecule has 25 heavy (non-hydrogen) atoms. The molecule has 0 atom stereocenters. The van der Waals surface area contributed by atoms with Crippen LogP contribution in [0.2, 0.25) is 0 Å². The van der Waals surface area contributed by atoms with Gasteiger partial charge in [0.1, 0.15) is 5.82 Å². The van der Waals surface area contributed by atoms with Gasteiger partial charge in [0.25, 0.3) is 5.91 Å². The van der Waals surface area contributed by atoms with E-state index in [9.17, 15) is 14.0 Å². The van der Waals surface area contributed by atoms with Crippen molar-refractivity contribution in [2.75, 3.05) is 13.2 Å². The first-order valence-electron chi connectivity index (χ1n) is 7.91. The minimum atomic E-state index is -0.973. The number of aromatic nitrogens is 2. The van der Waals surface area contributed by atoms with Crippen molar-refractivity contribution in [2.24, 2.45) is 0 Å². The topological polar surface area (TPSA) is 93.5 Å². The van der Waals surface area contributed by atoms with Crippen molar-refractivity contribution in [1.29, 1.82) is 0 Å². The van der Waals surface area contributed by atoms with E-state index >= 15 is 0 Å². The monoisotopic (exact) mass is 347 g/mol. The van der Waals surface area contributed by atoms with Gasteiger partial charge >= 0.3 is 5.97 Å². The number of aliphatic carboxylic acids is 1. The molecule has 0 aliphatic carbocycles. The molecule has 1 aliphatic heterocycles. The number of hydrogen-bond acceptors (Lipinski definition) is 4. The zero-order valence-electron chi connectivity index (χ0n) is 13.4. The third kappa shape index (κ3) is 4.03. The van der Waals surface area contributed by atoms with Gasteiger partial charge < -0.3 is 15.2 Å². The standard InChI is InChI=1S/C17H18FN3O4/c18-12-1-3-13(4-2-12)21-8-5-14(20-21)16(24)19-17(11-15(22)23)6-9-25-10-7-17/h1-5,8H,6-7,9-11H2,(H,19,24)(H,22,23). The quantitative estimate of drug-likeness (QED) is 0.860. The highest BCUT2D eigenvalue weighted by molar-refractivity contribution is 5.93. The van der Waals surface area contributed by atoms with E-state index in [1.807, 2.05) is 0 Å². The van der Waals surface area contributed by atoms with Crippen LogP contribution >= 0.6 is 0 Å². The van der Waals surface area contributed by atoms with Gasteiger partial charge in [-0.2, -0.15) is 5.10 Å². The minimum Gasteiger partial charge on any atom is -0.481 e. The van der Waals surface area contributed by atoms with E-state index in [-0.39, 0.29) is 17.9 Å². The zero-order valence-corrected chi connectivity index (χ0v) is 13.4. The number of ether oxygens (including phenoxy) is 1. The van der Waals surface area contributed by atoms with E-state index in [1.54, 1.807) is 18.3 Å². The summed E-state index contributed by atoms with van der Waals surface area (Å²) in [5.41, 5.74) is -0.0479. The predicted molar refractivity (Wildman–Crippen MR) is 86.0 cm³/mol. The molecule has 0 saturated carbocycles. The highest BCUT2D eigenvalue weighted by atomic mass is 19.1. The first-order chi connectivity index (χ1) is 12.0. The van der Waals surface area contributed by atoms with Gasteiger partial charge in [0.2, 0.25) is 0 Å². The molecular formula is C17H18FN3O4. The summed E-state index contributed by atoms with van der Waals surface area (Å²) in [4.78, 5) is 23.7. The van der Waals surface area contributed by atoms with Crippen LogP contribution in [0.25, 0.3) is 5.69 Å². The van der Waals surface area contributed by atoms with Crippen LogP contribution < -0.4 is 5.32 Å². The van der Waals surface area contributed by atoms with E-state index in [0.29, 0.717) is 31.7 Å². The lowest BCUT2D eigenvalue weighted by atomic mass is 9.86. The number of nitrogens with one attached hydrogen (secondary N) is 1. The number of nitrogens with zero attached hydrogens (tertiary/aromatic N) is 2. The van der Waals surface area contributed by atoms with Crippen molar-refractivity contribution in [3.63, 3.8) is 0 Å². The van der Waals surface area contributed by atoms with Crippen molar-refractivity contribution >= 4 is 11.9 Å². The Hall–Kier alpha value is -2.74. The molecule has 1 aliphatic rings. The second-order valence-corrected chi connectivity index (χ2v) is 6.04. The van der Waals surface area contributed by atoms with Crippen LogP contribution in [0.5, 0.6) is 0 Å². The highest BCUT2D eigenvalue weighted by Gasteiger charge is 2.37. The minimum absolute atomic E-state index is 0.166. The molecular weight excluding hydrogens is 329 g/mol. The average Bonchev–Trinajstić information content (AvgIpc) is 3.05. The number of hydrogen-bond donors (Lipinski definition) is 2. The molecule has 2 aromatic rings. The summed E-state index contributed by atoms with van der Waals surface area (Å²) in [6.45, 7) is 0.801. The summed E-state index contributed by atoms with van der Waals surface area (Å²) >= 11 is 0. The SMILES string of the molecule is O=C(O)CC1(NC(=O)c2ccn(-c3ccc(F)cc3)n2)CCOCC1. The molecule has 1 saturated heterocycles.